The maximum atomic E-state index is 13.1. The number of rotatable bonds is 12. The molecule has 0 saturated carbocycles. The van der Waals surface area contributed by atoms with Gasteiger partial charge in [0.2, 0.25) is 0 Å². The average molecular weight is 625 g/mol. The quantitative estimate of drug-likeness (QED) is 0.1000. The smallest absolute Gasteiger partial charge is 0.311 e. The van der Waals surface area contributed by atoms with Crippen LogP contribution in [0.1, 0.15) is 90.2 Å². The van der Waals surface area contributed by atoms with Crippen molar-refractivity contribution in [3.8, 4) is 45.3 Å². The summed E-state index contributed by atoms with van der Waals surface area (Å²) in [6.45, 7) is 11.4. The Balaban J connectivity index is 1.95. The fourth-order valence-corrected chi connectivity index (χ4v) is 5.87. The third-order valence-electron chi connectivity index (χ3n) is 7.92. The third kappa shape index (κ3) is 6.08. The van der Waals surface area contributed by atoms with Crippen LogP contribution < -0.4 is 18.9 Å². The lowest BCUT2D eigenvalue weighted by atomic mass is 9.74. The molecule has 4 aromatic rings. The number of carbonyl (C=O) groups is 4. The Morgan fingerprint density at radius 1 is 0.435 bits per heavy atom. The van der Waals surface area contributed by atoms with Crippen molar-refractivity contribution in [3.05, 3.63) is 47.5 Å². The predicted molar refractivity (Wildman–Crippen MR) is 178 cm³/mol. The Hall–Kier alpha value is -4.72. The van der Waals surface area contributed by atoms with Gasteiger partial charge in [-0.3, -0.25) is 19.2 Å². The second-order valence-electron chi connectivity index (χ2n) is 11.8. The molecule has 0 amide bonds. The summed E-state index contributed by atoms with van der Waals surface area (Å²) in [6.07, 6.45) is 3.11. The van der Waals surface area contributed by atoms with Gasteiger partial charge in [0.1, 0.15) is 23.0 Å². The van der Waals surface area contributed by atoms with E-state index in [1.165, 1.54) is 0 Å². The first-order chi connectivity index (χ1) is 22.1. The average Bonchev–Trinajstić information content (AvgIpc) is 2.98. The van der Waals surface area contributed by atoms with Crippen molar-refractivity contribution in [1.29, 1.82) is 0 Å². The van der Waals surface area contributed by atoms with E-state index < -0.39 is 23.9 Å². The highest BCUT2D eigenvalue weighted by atomic mass is 16.6. The fraction of sp³-hybridized carbons (Fsp3) is 0.368. The van der Waals surface area contributed by atoms with E-state index >= 15 is 0 Å². The highest BCUT2D eigenvalue weighted by molar-refractivity contribution is 6.25. The molecule has 5 rings (SSSR count). The summed E-state index contributed by atoms with van der Waals surface area (Å²) < 4.78 is 24.5. The number of aryl methyl sites for hydroxylation is 2. The number of ether oxygens (including phenoxy) is 4. The van der Waals surface area contributed by atoms with E-state index in [4.69, 9.17) is 18.9 Å². The predicted octanol–water partition coefficient (Wildman–Crippen LogP) is 9.08. The van der Waals surface area contributed by atoms with Gasteiger partial charge in [0.05, 0.1) is 0 Å². The summed E-state index contributed by atoms with van der Waals surface area (Å²) in [7, 11) is 0. The molecule has 0 unspecified atom stereocenters. The Bertz CT molecular complexity index is 1730. The lowest BCUT2D eigenvalue weighted by Crippen LogP contribution is -2.18. The van der Waals surface area contributed by atoms with E-state index in [9.17, 15) is 19.2 Å². The maximum absolute atomic E-state index is 13.1. The topological polar surface area (TPSA) is 105 Å². The van der Waals surface area contributed by atoms with Crippen LogP contribution in [0.5, 0.6) is 23.0 Å². The van der Waals surface area contributed by atoms with Crippen LogP contribution in [-0.2, 0) is 19.2 Å². The highest BCUT2D eigenvalue weighted by Crippen LogP contribution is 2.67. The van der Waals surface area contributed by atoms with Gasteiger partial charge in [-0.15, -0.1) is 0 Å². The van der Waals surface area contributed by atoms with Crippen LogP contribution in [0.2, 0.25) is 0 Å². The molecule has 0 radical (unpaired) electrons. The number of benzene rings is 4. The molecule has 0 N–H and O–H groups in total. The zero-order valence-corrected chi connectivity index (χ0v) is 27.4. The van der Waals surface area contributed by atoms with E-state index in [-0.39, 0.29) is 48.7 Å². The van der Waals surface area contributed by atoms with Crippen molar-refractivity contribution in [2.24, 2.45) is 0 Å². The van der Waals surface area contributed by atoms with E-state index in [1.807, 2.05) is 77.9 Å². The summed E-state index contributed by atoms with van der Waals surface area (Å²) in [5.41, 5.74) is 3.67. The minimum Gasteiger partial charge on any atom is -0.425 e. The van der Waals surface area contributed by atoms with Crippen molar-refractivity contribution in [2.75, 3.05) is 0 Å². The molecule has 4 aromatic carbocycles. The minimum atomic E-state index is -0.425. The van der Waals surface area contributed by atoms with Gasteiger partial charge in [0.25, 0.3) is 0 Å². The molecule has 8 nitrogen and oxygen atoms in total. The lowest BCUT2D eigenvalue weighted by molar-refractivity contribution is -0.135. The maximum Gasteiger partial charge on any atom is 0.311 e. The summed E-state index contributed by atoms with van der Waals surface area (Å²) >= 11 is 0. The molecular weight excluding hydrogens is 584 g/mol. The first-order valence-electron chi connectivity index (χ1n) is 16.2. The third-order valence-corrected chi connectivity index (χ3v) is 7.92. The highest BCUT2D eigenvalue weighted by Gasteiger charge is 2.42. The van der Waals surface area contributed by atoms with Crippen LogP contribution in [0.3, 0.4) is 0 Å². The number of hydrogen-bond donors (Lipinski definition) is 0. The first-order valence-corrected chi connectivity index (χ1v) is 16.2. The van der Waals surface area contributed by atoms with Crippen molar-refractivity contribution in [1.82, 2.24) is 0 Å². The summed E-state index contributed by atoms with van der Waals surface area (Å²) in [5, 5.41) is 2.29. The van der Waals surface area contributed by atoms with Crippen LogP contribution in [-0.4, -0.2) is 23.9 Å². The van der Waals surface area contributed by atoms with Crippen LogP contribution in [0.25, 0.3) is 43.8 Å². The summed E-state index contributed by atoms with van der Waals surface area (Å²) in [4.78, 5) is 52.4. The molecule has 8 heteroatoms. The van der Waals surface area contributed by atoms with Crippen LogP contribution in [0, 0.1) is 13.8 Å². The molecule has 0 atom stereocenters. The zero-order chi connectivity index (χ0) is 33.1. The van der Waals surface area contributed by atoms with E-state index in [1.54, 1.807) is 0 Å². The fourth-order valence-electron chi connectivity index (χ4n) is 5.87. The standard InChI is InChI=1S/C38H40O8/c1-7-11-27(39)43-35-23-17-15-21(5)19-25(23)37(45-29(41)13-9-3)33-31(35)34-32(33)36(44-28(40)12-8-2)24-18-16-22(6)20-26(24)38(34)46-30(42)14-10-4/h15-20H,7-14H2,1-6H3. The van der Waals surface area contributed by atoms with E-state index in [0.717, 1.165) is 11.1 Å². The molecule has 46 heavy (non-hydrogen) atoms. The first kappa shape index (κ1) is 32.7. The zero-order valence-electron chi connectivity index (χ0n) is 27.4. The Kier molecular flexibility index (Phi) is 9.75. The normalized spacial score (nSPS) is 11.4. The Labute approximate surface area is 269 Å². The number of carbonyl (C=O) groups excluding carboxylic acids is 4. The summed E-state index contributed by atoms with van der Waals surface area (Å²) in [5.74, 6) is -0.591. The van der Waals surface area contributed by atoms with Crippen molar-refractivity contribution in [3.63, 3.8) is 0 Å². The summed E-state index contributed by atoms with van der Waals surface area (Å²) in [6, 6.07) is 11.2. The molecule has 0 fully saturated rings. The van der Waals surface area contributed by atoms with Crippen molar-refractivity contribution >= 4 is 45.4 Å². The lowest BCUT2D eigenvalue weighted by Gasteiger charge is -2.34. The number of hydrogen-bond acceptors (Lipinski definition) is 8. The molecule has 240 valence electrons. The van der Waals surface area contributed by atoms with Gasteiger partial charge in [-0.1, -0.05) is 63.1 Å². The molecule has 0 heterocycles. The second kappa shape index (κ2) is 13.7. The van der Waals surface area contributed by atoms with Gasteiger partial charge in [-0.2, -0.15) is 0 Å². The second-order valence-corrected chi connectivity index (χ2v) is 11.8. The molecule has 0 bridgehead atoms. The minimum absolute atomic E-state index is 0.192. The largest absolute Gasteiger partial charge is 0.425 e. The van der Waals surface area contributed by atoms with Crippen molar-refractivity contribution < 1.29 is 38.1 Å². The number of fused-ring (bicyclic) bond motifs is 6. The SMILES string of the molecule is CCCC(=O)Oc1c2c(c(OC(=O)CCC)c3cc(C)ccc13)-c1c-2c(OC(=O)CCC)c2cc(C)ccc2c1OC(=O)CCC. The van der Waals surface area contributed by atoms with E-state index in [0.29, 0.717) is 69.5 Å². The van der Waals surface area contributed by atoms with Gasteiger partial charge in [-0.05, 0) is 51.7 Å². The van der Waals surface area contributed by atoms with Gasteiger partial charge >= 0.3 is 23.9 Å². The Morgan fingerprint density at radius 3 is 0.957 bits per heavy atom. The van der Waals surface area contributed by atoms with Crippen LogP contribution in [0.4, 0.5) is 0 Å². The monoisotopic (exact) mass is 624 g/mol. The molecule has 0 saturated heterocycles. The van der Waals surface area contributed by atoms with Gasteiger partial charge in [0.15, 0.2) is 0 Å². The molecule has 0 aromatic heterocycles. The van der Waals surface area contributed by atoms with Crippen molar-refractivity contribution in [2.45, 2.75) is 92.9 Å². The van der Waals surface area contributed by atoms with Gasteiger partial charge in [-0.25, -0.2) is 0 Å². The van der Waals surface area contributed by atoms with Crippen LogP contribution in [0.15, 0.2) is 36.4 Å². The molecular formula is C38H40O8. The molecule has 1 aliphatic carbocycles. The van der Waals surface area contributed by atoms with E-state index in [2.05, 4.69) is 0 Å². The number of esters is 4. The van der Waals surface area contributed by atoms with Gasteiger partial charge in [0, 0.05) is 69.5 Å². The van der Waals surface area contributed by atoms with Gasteiger partial charge < -0.3 is 18.9 Å². The Morgan fingerprint density at radius 2 is 0.696 bits per heavy atom. The van der Waals surface area contributed by atoms with Crippen LogP contribution >= 0.6 is 0 Å². The molecule has 0 aliphatic heterocycles. The molecule has 0 spiro atoms. The molecule has 1 aliphatic rings.